The first-order valence-corrected chi connectivity index (χ1v) is 7.23. The Balaban J connectivity index is 2.67. The molecule has 0 fully saturated rings. The molecule has 0 saturated heterocycles. The molecule has 1 heterocycles. The maximum absolute atomic E-state index is 12.4. The zero-order valence-corrected chi connectivity index (χ0v) is 11.4. The van der Waals surface area contributed by atoms with Gasteiger partial charge in [0.2, 0.25) is 5.91 Å². The standard InChI is InChI=1S/C12H16N2O3S/c1-7-4-8(2)11-9(5-7)14-12(15)10(6-13-3)18(11,16)17/h4-5,10,13H,6H2,1-3H3,(H,14,15). The molecule has 1 aromatic carbocycles. The summed E-state index contributed by atoms with van der Waals surface area (Å²) in [7, 11) is -1.99. The van der Waals surface area contributed by atoms with E-state index in [2.05, 4.69) is 10.6 Å². The molecule has 0 aromatic heterocycles. The molecule has 0 aliphatic carbocycles. The average molecular weight is 268 g/mol. The Morgan fingerprint density at radius 1 is 1.33 bits per heavy atom. The van der Waals surface area contributed by atoms with E-state index < -0.39 is 21.0 Å². The minimum atomic E-state index is -3.62. The number of rotatable bonds is 2. The number of carbonyl (C=O) groups excluding carboxylic acids is 1. The quantitative estimate of drug-likeness (QED) is 0.824. The summed E-state index contributed by atoms with van der Waals surface area (Å²) in [4.78, 5) is 12.1. The third kappa shape index (κ3) is 1.91. The van der Waals surface area contributed by atoms with Gasteiger partial charge in [-0.15, -0.1) is 0 Å². The molecule has 1 amide bonds. The lowest BCUT2D eigenvalue weighted by molar-refractivity contribution is -0.115. The van der Waals surface area contributed by atoms with E-state index in [9.17, 15) is 13.2 Å². The predicted molar refractivity (Wildman–Crippen MR) is 69.4 cm³/mol. The van der Waals surface area contributed by atoms with Crippen molar-refractivity contribution < 1.29 is 13.2 Å². The van der Waals surface area contributed by atoms with E-state index in [1.807, 2.05) is 13.0 Å². The van der Waals surface area contributed by atoms with Gasteiger partial charge in [-0.3, -0.25) is 4.79 Å². The van der Waals surface area contributed by atoms with E-state index in [0.717, 1.165) is 5.56 Å². The second kappa shape index (κ2) is 4.37. The summed E-state index contributed by atoms with van der Waals surface area (Å²) in [5.74, 6) is -0.471. The summed E-state index contributed by atoms with van der Waals surface area (Å²) in [5, 5.41) is 4.36. The fraction of sp³-hybridized carbons (Fsp3) is 0.417. The van der Waals surface area contributed by atoms with Crippen LogP contribution in [0.2, 0.25) is 0 Å². The maximum atomic E-state index is 12.4. The predicted octanol–water partition coefficient (Wildman–Crippen LogP) is 0.617. The first kappa shape index (κ1) is 13.0. The fourth-order valence-electron chi connectivity index (χ4n) is 2.31. The van der Waals surface area contributed by atoms with E-state index in [-0.39, 0.29) is 11.4 Å². The van der Waals surface area contributed by atoms with Crippen molar-refractivity contribution in [3.8, 4) is 0 Å². The Morgan fingerprint density at radius 3 is 2.61 bits per heavy atom. The number of amides is 1. The van der Waals surface area contributed by atoms with Crippen LogP contribution in [0.3, 0.4) is 0 Å². The molecule has 6 heteroatoms. The number of sulfone groups is 1. The third-order valence-corrected chi connectivity index (χ3v) is 5.26. The van der Waals surface area contributed by atoms with Crippen molar-refractivity contribution >= 4 is 21.4 Å². The highest BCUT2D eigenvalue weighted by molar-refractivity contribution is 7.93. The van der Waals surface area contributed by atoms with Crippen LogP contribution in [0.25, 0.3) is 0 Å². The van der Waals surface area contributed by atoms with Gasteiger partial charge in [-0.25, -0.2) is 8.42 Å². The van der Waals surface area contributed by atoms with Gasteiger partial charge in [0.25, 0.3) is 0 Å². The zero-order valence-electron chi connectivity index (χ0n) is 10.6. The van der Waals surface area contributed by atoms with Crippen molar-refractivity contribution in [3.05, 3.63) is 23.3 Å². The van der Waals surface area contributed by atoms with Gasteiger partial charge in [0.15, 0.2) is 15.1 Å². The Morgan fingerprint density at radius 2 is 2.00 bits per heavy atom. The van der Waals surface area contributed by atoms with E-state index in [0.29, 0.717) is 11.3 Å². The molecule has 2 rings (SSSR count). The summed E-state index contributed by atoms with van der Waals surface area (Å²) >= 11 is 0. The number of benzene rings is 1. The minimum Gasteiger partial charge on any atom is -0.324 e. The lowest BCUT2D eigenvalue weighted by Gasteiger charge is -2.26. The van der Waals surface area contributed by atoms with Crippen LogP contribution in [0, 0.1) is 13.8 Å². The number of fused-ring (bicyclic) bond motifs is 1. The van der Waals surface area contributed by atoms with Crippen molar-refractivity contribution in [2.24, 2.45) is 0 Å². The van der Waals surface area contributed by atoms with Gasteiger partial charge in [-0.05, 0) is 38.1 Å². The van der Waals surface area contributed by atoms with Crippen molar-refractivity contribution in [3.63, 3.8) is 0 Å². The van der Waals surface area contributed by atoms with E-state index >= 15 is 0 Å². The van der Waals surface area contributed by atoms with Crippen LogP contribution in [0.4, 0.5) is 5.69 Å². The van der Waals surface area contributed by atoms with Crippen molar-refractivity contribution in [2.75, 3.05) is 18.9 Å². The highest BCUT2D eigenvalue weighted by Gasteiger charge is 2.40. The Labute approximate surface area is 107 Å². The molecule has 98 valence electrons. The molecular formula is C12H16N2O3S. The Kier molecular flexibility index (Phi) is 3.16. The first-order chi connectivity index (χ1) is 8.37. The fourth-order valence-corrected chi connectivity index (χ4v) is 4.24. The van der Waals surface area contributed by atoms with Crippen LogP contribution in [0.15, 0.2) is 17.0 Å². The van der Waals surface area contributed by atoms with Gasteiger partial charge in [-0.1, -0.05) is 6.07 Å². The van der Waals surface area contributed by atoms with Crippen molar-refractivity contribution in [1.82, 2.24) is 5.32 Å². The topological polar surface area (TPSA) is 75.3 Å². The summed E-state index contributed by atoms with van der Waals surface area (Å²) in [6.45, 7) is 3.73. The lowest BCUT2D eigenvalue weighted by atomic mass is 10.1. The molecule has 18 heavy (non-hydrogen) atoms. The SMILES string of the molecule is CNCC1C(=O)Nc2cc(C)cc(C)c2S1(=O)=O. The van der Waals surface area contributed by atoms with Crippen molar-refractivity contribution in [1.29, 1.82) is 0 Å². The van der Waals surface area contributed by atoms with Gasteiger partial charge in [-0.2, -0.15) is 0 Å². The molecule has 2 N–H and O–H groups in total. The molecule has 0 spiro atoms. The average Bonchev–Trinajstić information content (AvgIpc) is 2.22. The Hall–Kier alpha value is -1.40. The van der Waals surface area contributed by atoms with Crippen LogP contribution in [-0.4, -0.2) is 33.2 Å². The van der Waals surface area contributed by atoms with Crippen LogP contribution in [0.1, 0.15) is 11.1 Å². The normalized spacial score (nSPS) is 21.3. The number of hydrogen-bond donors (Lipinski definition) is 2. The Bertz CT molecular complexity index is 608. The van der Waals surface area contributed by atoms with E-state index in [4.69, 9.17) is 0 Å². The molecule has 0 radical (unpaired) electrons. The molecular weight excluding hydrogens is 252 g/mol. The molecule has 0 saturated carbocycles. The van der Waals surface area contributed by atoms with Crippen molar-refractivity contribution in [2.45, 2.75) is 24.0 Å². The zero-order chi connectivity index (χ0) is 13.5. The number of hydrogen-bond acceptors (Lipinski definition) is 4. The molecule has 1 aromatic rings. The summed E-state index contributed by atoms with van der Waals surface area (Å²) in [5.41, 5.74) is 1.99. The van der Waals surface area contributed by atoms with Gasteiger partial charge in [0, 0.05) is 6.54 Å². The maximum Gasteiger partial charge on any atom is 0.244 e. The van der Waals surface area contributed by atoms with Crippen LogP contribution in [0.5, 0.6) is 0 Å². The highest BCUT2D eigenvalue weighted by atomic mass is 32.2. The molecule has 1 aliphatic heterocycles. The molecule has 1 unspecified atom stereocenters. The number of anilines is 1. The van der Waals surface area contributed by atoms with E-state index in [1.165, 1.54) is 0 Å². The molecule has 1 atom stereocenters. The molecule has 0 bridgehead atoms. The minimum absolute atomic E-state index is 0.112. The number of aryl methyl sites for hydroxylation is 2. The summed E-state index contributed by atoms with van der Waals surface area (Å²) in [6.07, 6.45) is 0. The second-order valence-electron chi connectivity index (χ2n) is 4.54. The molecule has 5 nitrogen and oxygen atoms in total. The van der Waals surface area contributed by atoms with Gasteiger partial charge in [0.05, 0.1) is 10.6 Å². The lowest BCUT2D eigenvalue weighted by Crippen LogP contribution is -2.45. The van der Waals surface area contributed by atoms with E-state index in [1.54, 1.807) is 20.0 Å². The summed E-state index contributed by atoms with van der Waals surface area (Å²) < 4.78 is 24.9. The monoisotopic (exact) mass is 268 g/mol. The second-order valence-corrected chi connectivity index (χ2v) is 6.61. The molecule has 1 aliphatic rings. The smallest absolute Gasteiger partial charge is 0.244 e. The van der Waals surface area contributed by atoms with Crippen LogP contribution < -0.4 is 10.6 Å². The van der Waals surface area contributed by atoms with Crippen LogP contribution in [-0.2, 0) is 14.6 Å². The number of carbonyl (C=O) groups is 1. The van der Waals surface area contributed by atoms with Crippen LogP contribution >= 0.6 is 0 Å². The third-order valence-electron chi connectivity index (χ3n) is 3.02. The van der Waals surface area contributed by atoms with Gasteiger partial charge >= 0.3 is 0 Å². The summed E-state index contributed by atoms with van der Waals surface area (Å²) in [6, 6.07) is 3.50. The first-order valence-electron chi connectivity index (χ1n) is 5.68. The highest BCUT2D eigenvalue weighted by Crippen LogP contribution is 2.33. The number of nitrogens with one attached hydrogen (secondary N) is 2. The van der Waals surface area contributed by atoms with Gasteiger partial charge < -0.3 is 10.6 Å². The largest absolute Gasteiger partial charge is 0.324 e. The van der Waals surface area contributed by atoms with Gasteiger partial charge in [0.1, 0.15) is 0 Å².